The standard InChI is InChI=1S/C28H33FN2O5S2/c1-4-6-7-8-9-10-18-36-24-16-11-21(19-25(24)35-3)20-26-27(32)31(17-5-2)28(37-26)30-38(33,34)23-14-12-22(29)13-15-23/h5,11-16,19-20H,2,4,6-10,17-18H2,1,3H3/b26-20-,30-28+. The molecule has 3 rings (SSSR count). The number of amides is 1. The summed E-state index contributed by atoms with van der Waals surface area (Å²) in [5.74, 6) is 0.200. The number of unbranched alkanes of at least 4 members (excludes halogenated alkanes) is 5. The molecule has 0 saturated carbocycles. The van der Waals surface area contributed by atoms with Crippen LogP contribution in [0.1, 0.15) is 51.0 Å². The first-order valence-electron chi connectivity index (χ1n) is 12.5. The van der Waals surface area contributed by atoms with Gasteiger partial charge in [0.15, 0.2) is 16.7 Å². The van der Waals surface area contributed by atoms with Crippen molar-refractivity contribution >= 4 is 38.9 Å². The summed E-state index contributed by atoms with van der Waals surface area (Å²) in [6, 6.07) is 9.71. The summed E-state index contributed by atoms with van der Waals surface area (Å²) in [6.45, 7) is 6.52. The Labute approximate surface area is 228 Å². The van der Waals surface area contributed by atoms with Crippen molar-refractivity contribution in [2.24, 2.45) is 4.40 Å². The maximum Gasteiger partial charge on any atom is 0.284 e. The van der Waals surface area contributed by atoms with Crippen molar-refractivity contribution in [1.29, 1.82) is 0 Å². The van der Waals surface area contributed by atoms with Crippen LogP contribution in [-0.2, 0) is 14.8 Å². The van der Waals surface area contributed by atoms with Gasteiger partial charge in [-0.25, -0.2) is 4.39 Å². The van der Waals surface area contributed by atoms with Gasteiger partial charge in [0.2, 0.25) is 0 Å². The predicted molar refractivity (Wildman–Crippen MR) is 150 cm³/mol. The SMILES string of the molecule is C=CCN1C(=O)/C(=C/c2ccc(OCCCCCCCC)c(OC)c2)S/C1=N/S(=O)(=O)c1ccc(F)cc1. The van der Waals surface area contributed by atoms with Crippen molar-refractivity contribution in [3.05, 3.63) is 71.4 Å². The Morgan fingerprint density at radius 1 is 1.05 bits per heavy atom. The molecule has 0 unspecified atom stereocenters. The van der Waals surface area contributed by atoms with E-state index in [1.807, 2.05) is 6.07 Å². The van der Waals surface area contributed by atoms with E-state index < -0.39 is 21.7 Å². The number of thioether (sulfide) groups is 1. The zero-order valence-electron chi connectivity index (χ0n) is 21.7. The van der Waals surface area contributed by atoms with E-state index in [4.69, 9.17) is 9.47 Å². The van der Waals surface area contributed by atoms with E-state index in [0.29, 0.717) is 28.6 Å². The number of nitrogens with zero attached hydrogens (tertiary/aromatic N) is 2. The minimum Gasteiger partial charge on any atom is -0.493 e. The molecule has 1 heterocycles. The van der Waals surface area contributed by atoms with Crippen molar-refractivity contribution in [2.75, 3.05) is 20.3 Å². The van der Waals surface area contributed by atoms with E-state index >= 15 is 0 Å². The molecule has 0 bridgehead atoms. The molecule has 2 aromatic rings. The highest BCUT2D eigenvalue weighted by Crippen LogP contribution is 2.35. The first-order valence-corrected chi connectivity index (χ1v) is 14.8. The number of halogens is 1. The zero-order chi connectivity index (χ0) is 27.5. The summed E-state index contributed by atoms with van der Waals surface area (Å²) >= 11 is 0.943. The highest BCUT2D eigenvalue weighted by molar-refractivity contribution is 8.19. The van der Waals surface area contributed by atoms with Crippen LogP contribution in [0.3, 0.4) is 0 Å². The van der Waals surface area contributed by atoms with Crippen LogP contribution >= 0.6 is 11.8 Å². The molecular formula is C28H33FN2O5S2. The third kappa shape index (κ3) is 7.94. The zero-order valence-corrected chi connectivity index (χ0v) is 23.3. The molecule has 1 aliphatic rings. The van der Waals surface area contributed by atoms with Crippen LogP contribution in [0.4, 0.5) is 4.39 Å². The van der Waals surface area contributed by atoms with E-state index in [0.717, 1.165) is 48.9 Å². The van der Waals surface area contributed by atoms with Crippen molar-refractivity contribution in [3.63, 3.8) is 0 Å². The maximum atomic E-state index is 13.2. The van der Waals surface area contributed by atoms with Gasteiger partial charge in [-0.05, 0) is 66.2 Å². The van der Waals surface area contributed by atoms with E-state index in [-0.39, 0.29) is 16.6 Å². The third-order valence-corrected chi connectivity index (χ3v) is 8.15. The number of hydrogen-bond acceptors (Lipinski definition) is 6. The lowest BCUT2D eigenvalue weighted by Gasteiger charge is -2.12. The first-order chi connectivity index (χ1) is 18.3. The van der Waals surface area contributed by atoms with Crippen molar-refractivity contribution in [2.45, 2.75) is 50.3 Å². The number of carbonyl (C=O) groups is 1. The van der Waals surface area contributed by atoms with E-state index in [9.17, 15) is 17.6 Å². The molecular weight excluding hydrogens is 527 g/mol. The Bertz CT molecular complexity index is 1290. The number of hydrogen-bond donors (Lipinski definition) is 0. The van der Waals surface area contributed by atoms with Gasteiger partial charge in [0, 0.05) is 6.54 Å². The number of carbonyl (C=O) groups excluding carboxylic acids is 1. The molecule has 0 aromatic heterocycles. The van der Waals surface area contributed by atoms with Crippen molar-refractivity contribution < 1.29 is 27.1 Å². The van der Waals surface area contributed by atoms with E-state index in [1.54, 1.807) is 25.3 Å². The smallest absolute Gasteiger partial charge is 0.284 e. The van der Waals surface area contributed by atoms with E-state index in [2.05, 4.69) is 17.9 Å². The Morgan fingerprint density at radius 2 is 1.76 bits per heavy atom. The minimum atomic E-state index is -4.16. The Hall–Kier alpha value is -3.11. The second-order valence-electron chi connectivity index (χ2n) is 8.64. The average molecular weight is 561 g/mol. The monoisotopic (exact) mass is 560 g/mol. The highest BCUT2D eigenvalue weighted by atomic mass is 32.2. The topological polar surface area (TPSA) is 85.3 Å². The second-order valence-corrected chi connectivity index (χ2v) is 11.3. The van der Waals surface area contributed by atoms with Gasteiger partial charge >= 0.3 is 0 Å². The van der Waals surface area contributed by atoms with Gasteiger partial charge in [-0.15, -0.1) is 11.0 Å². The number of ether oxygens (including phenoxy) is 2. The van der Waals surface area contributed by atoms with Gasteiger partial charge in [-0.2, -0.15) is 8.42 Å². The fourth-order valence-electron chi connectivity index (χ4n) is 3.74. The van der Waals surface area contributed by atoms with Crippen LogP contribution in [0.5, 0.6) is 11.5 Å². The maximum absolute atomic E-state index is 13.2. The highest BCUT2D eigenvalue weighted by Gasteiger charge is 2.34. The Morgan fingerprint density at radius 3 is 2.45 bits per heavy atom. The lowest BCUT2D eigenvalue weighted by Crippen LogP contribution is -2.29. The summed E-state index contributed by atoms with van der Waals surface area (Å²) in [6.07, 6.45) is 10.1. The molecule has 0 N–H and O–H groups in total. The lowest BCUT2D eigenvalue weighted by atomic mass is 10.1. The summed E-state index contributed by atoms with van der Waals surface area (Å²) in [7, 11) is -2.61. The molecule has 7 nitrogen and oxygen atoms in total. The van der Waals surface area contributed by atoms with Gasteiger partial charge in [0.05, 0.1) is 23.5 Å². The number of methoxy groups -OCH3 is 1. The molecule has 1 amide bonds. The molecule has 0 radical (unpaired) electrons. The lowest BCUT2D eigenvalue weighted by molar-refractivity contribution is -0.121. The second kappa shape index (κ2) is 14.2. The predicted octanol–water partition coefficient (Wildman–Crippen LogP) is 6.42. The quantitative estimate of drug-likeness (QED) is 0.151. The largest absolute Gasteiger partial charge is 0.493 e. The molecule has 0 atom stereocenters. The molecule has 38 heavy (non-hydrogen) atoms. The fourth-order valence-corrected chi connectivity index (χ4v) is 5.93. The molecule has 1 aliphatic heterocycles. The normalized spacial score (nSPS) is 15.9. The molecule has 0 aliphatic carbocycles. The van der Waals surface area contributed by atoms with Gasteiger partial charge in [-0.1, -0.05) is 51.2 Å². The van der Waals surface area contributed by atoms with E-state index in [1.165, 1.54) is 36.7 Å². The summed E-state index contributed by atoms with van der Waals surface area (Å²) in [5, 5.41) is -0.00340. The number of rotatable bonds is 14. The number of amidine groups is 1. The number of benzene rings is 2. The molecule has 2 aromatic carbocycles. The summed E-state index contributed by atoms with van der Waals surface area (Å²) < 4.78 is 54.1. The van der Waals surface area contributed by atoms with Gasteiger partial charge in [0.25, 0.3) is 15.9 Å². The Kier molecular flexibility index (Phi) is 11.0. The summed E-state index contributed by atoms with van der Waals surface area (Å²) in [5.41, 5.74) is 0.686. The van der Waals surface area contributed by atoms with Gasteiger partial charge in [0.1, 0.15) is 5.82 Å². The van der Waals surface area contributed by atoms with Crippen LogP contribution in [-0.4, -0.2) is 44.7 Å². The summed E-state index contributed by atoms with van der Waals surface area (Å²) in [4.78, 5) is 14.4. The van der Waals surface area contributed by atoms with Crippen molar-refractivity contribution in [3.8, 4) is 11.5 Å². The third-order valence-electron chi connectivity index (χ3n) is 5.75. The van der Waals surface area contributed by atoms with Crippen LogP contribution in [0.15, 0.2) is 69.3 Å². The van der Waals surface area contributed by atoms with Crippen LogP contribution in [0, 0.1) is 5.82 Å². The van der Waals surface area contributed by atoms with Crippen LogP contribution in [0.25, 0.3) is 6.08 Å². The van der Waals surface area contributed by atoms with Crippen LogP contribution < -0.4 is 9.47 Å². The fraction of sp³-hybridized carbons (Fsp3) is 0.357. The molecule has 10 heteroatoms. The first kappa shape index (κ1) is 29.4. The van der Waals surface area contributed by atoms with Gasteiger partial charge < -0.3 is 9.47 Å². The Balaban J connectivity index is 1.76. The average Bonchev–Trinajstić information content (AvgIpc) is 3.17. The molecule has 1 fully saturated rings. The molecule has 1 saturated heterocycles. The van der Waals surface area contributed by atoms with Crippen molar-refractivity contribution in [1.82, 2.24) is 4.90 Å². The molecule has 0 spiro atoms. The number of sulfonamides is 1. The molecule has 204 valence electrons. The minimum absolute atomic E-state index is 0.00340. The van der Waals surface area contributed by atoms with Crippen LogP contribution in [0.2, 0.25) is 0 Å². The van der Waals surface area contributed by atoms with Gasteiger partial charge in [-0.3, -0.25) is 9.69 Å².